The minimum Gasteiger partial charge on any atom is -0.383 e. The number of benzene rings is 1. The molecule has 1 unspecified atom stereocenters. The Labute approximate surface area is 110 Å². The van der Waals surface area contributed by atoms with Crippen molar-refractivity contribution < 1.29 is 4.74 Å². The van der Waals surface area contributed by atoms with Crippen LogP contribution < -0.4 is 10.6 Å². The zero-order chi connectivity index (χ0) is 13.0. The second-order valence-electron chi connectivity index (χ2n) is 4.99. The maximum atomic E-state index is 6.22. The van der Waals surface area contributed by atoms with Crippen molar-refractivity contribution in [3.8, 4) is 0 Å². The Morgan fingerprint density at radius 1 is 1.39 bits per heavy atom. The van der Waals surface area contributed by atoms with E-state index in [0.717, 1.165) is 19.6 Å². The van der Waals surface area contributed by atoms with Crippen LogP contribution in [0.4, 0.5) is 5.69 Å². The van der Waals surface area contributed by atoms with Crippen molar-refractivity contribution in [2.45, 2.75) is 38.3 Å². The molecule has 0 radical (unpaired) electrons. The van der Waals surface area contributed by atoms with Crippen molar-refractivity contribution in [1.82, 2.24) is 0 Å². The molecule has 0 heterocycles. The van der Waals surface area contributed by atoms with Crippen molar-refractivity contribution in [1.29, 1.82) is 0 Å². The summed E-state index contributed by atoms with van der Waals surface area (Å²) in [6, 6.07) is 9.35. The highest BCUT2D eigenvalue weighted by molar-refractivity contribution is 5.56. The van der Waals surface area contributed by atoms with Gasteiger partial charge in [0, 0.05) is 31.4 Å². The highest BCUT2D eigenvalue weighted by Gasteiger charge is 2.30. The second kappa shape index (κ2) is 6.21. The molecule has 0 spiro atoms. The lowest BCUT2D eigenvalue weighted by molar-refractivity contribution is 0.205. The fourth-order valence-electron chi connectivity index (χ4n) is 2.36. The first-order chi connectivity index (χ1) is 8.77. The first-order valence-electron chi connectivity index (χ1n) is 6.88. The Morgan fingerprint density at radius 2 is 2.11 bits per heavy atom. The Bertz CT molecular complexity index is 377. The van der Waals surface area contributed by atoms with E-state index in [1.54, 1.807) is 7.11 Å². The third-order valence-corrected chi connectivity index (χ3v) is 3.61. The van der Waals surface area contributed by atoms with Crippen molar-refractivity contribution >= 4 is 5.69 Å². The third kappa shape index (κ3) is 3.03. The summed E-state index contributed by atoms with van der Waals surface area (Å²) in [4.78, 5) is 2.47. The third-order valence-electron chi connectivity index (χ3n) is 3.61. The van der Waals surface area contributed by atoms with E-state index in [1.807, 2.05) is 0 Å². The van der Waals surface area contributed by atoms with E-state index in [9.17, 15) is 0 Å². The molecule has 3 nitrogen and oxygen atoms in total. The molecule has 1 aliphatic rings. The Balaban J connectivity index is 2.22. The largest absolute Gasteiger partial charge is 0.383 e. The number of anilines is 1. The van der Waals surface area contributed by atoms with E-state index in [-0.39, 0.29) is 6.04 Å². The predicted molar refractivity (Wildman–Crippen MR) is 75.9 cm³/mol. The first-order valence-corrected chi connectivity index (χ1v) is 6.88. The van der Waals surface area contributed by atoms with E-state index >= 15 is 0 Å². The zero-order valence-electron chi connectivity index (χ0n) is 11.4. The van der Waals surface area contributed by atoms with Gasteiger partial charge in [0.2, 0.25) is 0 Å². The number of hydrogen-bond donors (Lipinski definition) is 1. The highest BCUT2D eigenvalue weighted by atomic mass is 16.5. The van der Waals surface area contributed by atoms with E-state index < -0.39 is 0 Å². The molecule has 0 saturated heterocycles. The Hall–Kier alpha value is -1.06. The van der Waals surface area contributed by atoms with Gasteiger partial charge < -0.3 is 15.4 Å². The van der Waals surface area contributed by atoms with Gasteiger partial charge in [0.1, 0.15) is 0 Å². The maximum absolute atomic E-state index is 6.22. The van der Waals surface area contributed by atoms with Gasteiger partial charge in [-0.15, -0.1) is 0 Å². The molecular formula is C15H24N2O. The summed E-state index contributed by atoms with van der Waals surface area (Å²) < 4.78 is 5.23. The summed E-state index contributed by atoms with van der Waals surface area (Å²) in [5.74, 6) is 0. The van der Waals surface area contributed by atoms with Crippen LogP contribution in [-0.2, 0) is 4.74 Å². The van der Waals surface area contributed by atoms with Gasteiger partial charge in [-0.25, -0.2) is 0 Å². The molecule has 3 heteroatoms. The normalized spacial score (nSPS) is 16.6. The lowest BCUT2D eigenvalue weighted by Crippen LogP contribution is -2.31. The van der Waals surface area contributed by atoms with E-state index in [2.05, 4.69) is 36.1 Å². The fourth-order valence-corrected chi connectivity index (χ4v) is 2.36. The number of nitrogens with zero attached hydrogens (tertiary/aromatic N) is 1. The van der Waals surface area contributed by atoms with Crippen LogP contribution in [0.25, 0.3) is 0 Å². The van der Waals surface area contributed by atoms with E-state index in [4.69, 9.17) is 10.5 Å². The molecule has 1 aromatic carbocycles. The van der Waals surface area contributed by atoms with Crippen molar-refractivity contribution in [3.05, 3.63) is 29.8 Å². The lowest BCUT2D eigenvalue weighted by Gasteiger charge is -2.28. The molecule has 2 rings (SSSR count). The monoisotopic (exact) mass is 248 g/mol. The maximum Gasteiger partial charge on any atom is 0.0637 e. The molecule has 0 aromatic heterocycles. The number of ether oxygens (including phenoxy) is 1. The zero-order valence-corrected chi connectivity index (χ0v) is 11.4. The molecule has 18 heavy (non-hydrogen) atoms. The molecule has 1 aliphatic carbocycles. The van der Waals surface area contributed by atoms with Gasteiger partial charge in [-0.1, -0.05) is 25.1 Å². The van der Waals surface area contributed by atoms with Crippen LogP contribution in [0.5, 0.6) is 0 Å². The van der Waals surface area contributed by atoms with E-state index in [1.165, 1.54) is 24.1 Å². The van der Waals surface area contributed by atoms with Gasteiger partial charge in [-0.3, -0.25) is 0 Å². The molecule has 1 saturated carbocycles. The molecule has 1 atom stereocenters. The smallest absolute Gasteiger partial charge is 0.0637 e. The van der Waals surface area contributed by atoms with Crippen LogP contribution in [0.2, 0.25) is 0 Å². The summed E-state index contributed by atoms with van der Waals surface area (Å²) in [6.45, 7) is 3.86. The SMILES string of the molecule is CCC(N)c1ccccc1N(CCOC)C1CC1. The predicted octanol–water partition coefficient (Wildman–Crippen LogP) is 2.71. The highest BCUT2D eigenvalue weighted by Crippen LogP contribution is 2.35. The summed E-state index contributed by atoms with van der Waals surface area (Å²) in [5.41, 5.74) is 8.79. The van der Waals surface area contributed by atoms with Gasteiger partial charge in [0.15, 0.2) is 0 Å². The molecule has 0 bridgehead atoms. The van der Waals surface area contributed by atoms with Crippen LogP contribution >= 0.6 is 0 Å². The molecular weight excluding hydrogens is 224 g/mol. The van der Waals surface area contributed by atoms with Crippen LogP contribution in [0.3, 0.4) is 0 Å². The average molecular weight is 248 g/mol. The van der Waals surface area contributed by atoms with Gasteiger partial charge in [-0.05, 0) is 30.9 Å². The number of nitrogens with two attached hydrogens (primary N) is 1. The molecule has 100 valence electrons. The molecule has 0 aliphatic heterocycles. The number of methoxy groups -OCH3 is 1. The van der Waals surface area contributed by atoms with Gasteiger partial charge >= 0.3 is 0 Å². The Morgan fingerprint density at radius 3 is 2.72 bits per heavy atom. The molecule has 1 aromatic rings. The van der Waals surface area contributed by atoms with Gasteiger partial charge in [0.05, 0.1) is 6.61 Å². The number of hydrogen-bond acceptors (Lipinski definition) is 3. The summed E-state index contributed by atoms with van der Waals surface area (Å²) >= 11 is 0. The Kier molecular flexibility index (Phi) is 4.61. The van der Waals surface area contributed by atoms with Gasteiger partial charge in [-0.2, -0.15) is 0 Å². The minimum atomic E-state index is 0.130. The van der Waals surface area contributed by atoms with Crippen LogP contribution in [0.1, 0.15) is 37.8 Å². The van der Waals surface area contributed by atoms with Crippen LogP contribution in [0, 0.1) is 0 Å². The van der Waals surface area contributed by atoms with Crippen LogP contribution in [0.15, 0.2) is 24.3 Å². The van der Waals surface area contributed by atoms with Crippen molar-refractivity contribution in [2.75, 3.05) is 25.2 Å². The van der Waals surface area contributed by atoms with Gasteiger partial charge in [0.25, 0.3) is 0 Å². The molecule has 0 amide bonds. The molecule has 1 fully saturated rings. The quantitative estimate of drug-likeness (QED) is 0.806. The average Bonchev–Trinajstić information content (AvgIpc) is 3.23. The minimum absolute atomic E-state index is 0.130. The summed E-state index contributed by atoms with van der Waals surface area (Å²) in [6.07, 6.45) is 3.55. The van der Waals surface area contributed by atoms with E-state index in [0.29, 0.717) is 6.04 Å². The standard InChI is InChI=1S/C15H24N2O/c1-3-14(16)13-6-4-5-7-15(13)17(10-11-18-2)12-8-9-12/h4-7,12,14H,3,8-11,16H2,1-2H3. The lowest BCUT2D eigenvalue weighted by atomic mass is 10.0. The second-order valence-corrected chi connectivity index (χ2v) is 4.99. The topological polar surface area (TPSA) is 38.5 Å². The number of para-hydroxylation sites is 1. The summed E-state index contributed by atoms with van der Waals surface area (Å²) in [5, 5.41) is 0. The van der Waals surface area contributed by atoms with Crippen molar-refractivity contribution in [2.24, 2.45) is 5.73 Å². The fraction of sp³-hybridized carbons (Fsp3) is 0.600. The van der Waals surface area contributed by atoms with Crippen LogP contribution in [-0.4, -0.2) is 26.3 Å². The van der Waals surface area contributed by atoms with Crippen molar-refractivity contribution in [3.63, 3.8) is 0 Å². The summed E-state index contributed by atoms with van der Waals surface area (Å²) in [7, 11) is 1.76. The number of rotatable bonds is 7. The first kappa shape index (κ1) is 13.4. The molecule has 2 N–H and O–H groups in total.